The predicted octanol–water partition coefficient (Wildman–Crippen LogP) is 5.54. The number of aryl methyl sites for hydroxylation is 1. The molecule has 0 saturated carbocycles. The van der Waals surface area contributed by atoms with Gasteiger partial charge in [0, 0.05) is 17.5 Å². The van der Waals surface area contributed by atoms with Crippen LogP contribution in [0.15, 0.2) is 54.1 Å². The van der Waals surface area contributed by atoms with Gasteiger partial charge in [-0.1, -0.05) is 17.7 Å². The van der Waals surface area contributed by atoms with Crippen molar-refractivity contribution in [2.75, 3.05) is 30.7 Å². The highest BCUT2D eigenvalue weighted by Crippen LogP contribution is 2.38. The van der Waals surface area contributed by atoms with Gasteiger partial charge in [0.05, 0.1) is 29.6 Å². The summed E-state index contributed by atoms with van der Waals surface area (Å²) in [6, 6.07) is 13.1. The van der Waals surface area contributed by atoms with Crippen molar-refractivity contribution in [2.45, 2.75) is 32.4 Å². The molecule has 0 bridgehead atoms. The lowest BCUT2D eigenvalue weighted by Gasteiger charge is -2.22. The molecule has 2 N–H and O–H groups in total. The van der Waals surface area contributed by atoms with E-state index in [0.29, 0.717) is 24.3 Å². The number of halogens is 3. The summed E-state index contributed by atoms with van der Waals surface area (Å²) in [4.78, 5) is 4.52. The molecule has 1 aliphatic rings. The Hall–Kier alpha value is -3.11. The highest BCUT2D eigenvalue weighted by Gasteiger charge is 2.34. The summed E-state index contributed by atoms with van der Waals surface area (Å²) in [6.07, 6.45) is -1.90. The van der Waals surface area contributed by atoms with Gasteiger partial charge in [0.1, 0.15) is 5.75 Å². The molecule has 1 saturated heterocycles. The number of alkyl halides is 3. The summed E-state index contributed by atoms with van der Waals surface area (Å²) >= 11 is 0. The first-order valence-electron chi connectivity index (χ1n) is 11.6. The third-order valence-electron chi connectivity index (χ3n) is 6.04. The van der Waals surface area contributed by atoms with Gasteiger partial charge in [-0.2, -0.15) is 13.2 Å². The zero-order valence-corrected chi connectivity index (χ0v) is 20.9. The number of anilines is 1. The Morgan fingerprint density at radius 3 is 2.56 bits per heavy atom. The van der Waals surface area contributed by atoms with Crippen molar-refractivity contribution in [1.29, 1.82) is 0 Å². The number of piperidine rings is 1. The Balaban J connectivity index is 1.66. The Morgan fingerprint density at radius 2 is 1.86 bits per heavy atom. The van der Waals surface area contributed by atoms with Gasteiger partial charge in [0.25, 0.3) is 0 Å². The molecule has 192 valence electrons. The summed E-state index contributed by atoms with van der Waals surface area (Å²) in [7, 11) is -3.91. The highest BCUT2D eigenvalue weighted by atomic mass is 32.2. The normalized spacial score (nSPS) is 14.6. The van der Waals surface area contributed by atoms with Gasteiger partial charge in [0.15, 0.2) is 0 Å². The largest absolute Gasteiger partial charge is 0.493 e. The number of nitrogens with zero attached hydrogens (tertiary/aromatic N) is 1. The van der Waals surface area contributed by atoms with Crippen molar-refractivity contribution >= 4 is 32.2 Å². The molecule has 10 heteroatoms. The second kappa shape index (κ2) is 10.5. The average molecular weight is 520 g/mol. The predicted molar refractivity (Wildman–Crippen MR) is 136 cm³/mol. The van der Waals surface area contributed by atoms with Crippen LogP contribution in [0.4, 0.5) is 18.9 Å². The number of benzene rings is 2. The first kappa shape index (κ1) is 26.0. The van der Waals surface area contributed by atoms with Crippen LogP contribution in [0.25, 0.3) is 16.5 Å². The van der Waals surface area contributed by atoms with E-state index in [9.17, 15) is 21.6 Å². The Labute approximate surface area is 208 Å². The Kier molecular flexibility index (Phi) is 7.56. The van der Waals surface area contributed by atoms with Gasteiger partial charge in [-0.25, -0.2) is 8.42 Å². The molecule has 2 heterocycles. The minimum atomic E-state index is -4.70. The van der Waals surface area contributed by atoms with Gasteiger partial charge in [0.2, 0.25) is 10.0 Å². The molecule has 1 aromatic heterocycles. The van der Waals surface area contributed by atoms with Crippen LogP contribution in [0, 0.1) is 6.92 Å². The molecule has 1 fully saturated rings. The molecule has 0 atom stereocenters. The van der Waals surface area contributed by atoms with Crippen LogP contribution >= 0.6 is 0 Å². The fraction of sp³-hybridized carbons (Fsp3) is 0.346. The molecule has 36 heavy (non-hydrogen) atoms. The standard InChI is InChI=1S/C26H28F3N3O3S/c1-17-6-8-21-23(31-17)4-3-5-25(21)35-15-12-20(18-10-13-30-14-11-18)19-7-9-22(26(27,28)29)24(16-19)32-36(2,33)34/h3-9,16,30,32H,10-15H2,1-2H3. The summed E-state index contributed by atoms with van der Waals surface area (Å²) in [5, 5.41) is 4.17. The van der Waals surface area contributed by atoms with Crippen LogP contribution in [0.3, 0.4) is 0 Å². The molecule has 3 aromatic rings. The number of pyridine rings is 1. The number of rotatable bonds is 7. The summed E-state index contributed by atoms with van der Waals surface area (Å²) in [6.45, 7) is 3.75. The van der Waals surface area contributed by atoms with Crippen molar-refractivity contribution in [2.24, 2.45) is 0 Å². The van der Waals surface area contributed by atoms with Crippen molar-refractivity contribution in [3.8, 4) is 5.75 Å². The number of hydrogen-bond acceptors (Lipinski definition) is 5. The number of fused-ring (bicyclic) bond motifs is 1. The summed E-state index contributed by atoms with van der Waals surface area (Å²) in [5.41, 5.74) is 2.76. The molecule has 4 rings (SSSR count). The van der Waals surface area contributed by atoms with Crippen LogP contribution in [0.5, 0.6) is 5.75 Å². The Morgan fingerprint density at radius 1 is 1.11 bits per heavy atom. The van der Waals surface area contributed by atoms with Crippen LogP contribution in [-0.2, 0) is 16.2 Å². The van der Waals surface area contributed by atoms with E-state index in [1.807, 2.05) is 42.0 Å². The van der Waals surface area contributed by atoms with Crippen LogP contribution < -0.4 is 14.8 Å². The lowest BCUT2D eigenvalue weighted by molar-refractivity contribution is -0.136. The van der Waals surface area contributed by atoms with E-state index < -0.39 is 27.5 Å². The molecule has 6 nitrogen and oxygen atoms in total. The van der Waals surface area contributed by atoms with E-state index in [1.54, 1.807) is 0 Å². The summed E-state index contributed by atoms with van der Waals surface area (Å²) in [5.74, 6) is 0.682. The number of hydrogen-bond donors (Lipinski definition) is 2. The van der Waals surface area contributed by atoms with Gasteiger partial charge >= 0.3 is 6.18 Å². The van der Waals surface area contributed by atoms with E-state index in [4.69, 9.17) is 4.74 Å². The minimum Gasteiger partial charge on any atom is -0.493 e. The van der Waals surface area contributed by atoms with Crippen LogP contribution in [0.2, 0.25) is 0 Å². The smallest absolute Gasteiger partial charge is 0.418 e. The van der Waals surface area contributed by atoms with Gasteiger partial charge in [-0.05, 0) is 80.4 Å². The zero-order valence-electron chi connectivity index (χ0n) is 20.1. The molecular weight excluding hydrogens is 491 g/mol. The number of sulfonamides is 1. The van der Waals surface area contributed by atoms with Gasteiger partial charge < -0.3 is 10.1 Å². The lowest BCUT2D eigenvalue weighted by atomic mass is 9.91. The fourth-order valence-electron chi connectivity index (χ4n) is 4.44. The van der Waals surface area contributed by atoms with E-state index >= 15 is 0 Å². The maximum absolute atomic E-state index is 13.6. The van der Waals surface area contributed by atoms with E-state index in [0.717, 1.165) is 66.0 Å². The number of aromatic nitrogens is 1. The van der Waals surface area contributed by atoms with Crippen LogP contribution in [0.1, 0.15) is 36.1 Å². The molecule has 0 amide bonds. The first-order valence-corrected chi connectivity index (χ1v) is 13.5. The molecule has 0 radical (unpaired) electrons. The molecule has 0 spiro atoms. The fourth-order valence-corrected chi connectivity index (χ4v) is 5.00. The zero-order chi connectivity index (χ0) is 25.9. The van der Waals surface area contributed by atoms with E-state index in [1.165, 1.54) is 12.1 Å². The molecule has 0 unspecified atom stereocenters. The number of ether oxygens (including phenoxy) is 1. The maximum Gasteiger partial charge on any atom is 0.418 e. The van der Waals surface area contributed by atoms with Crippen molar-refractivity contribution < 1.29 is 26.3 Å². The first-order chi connectivity index (χ1) is 17.0. The quantitative estimate of drug-likeness (QED) is 0.429. The van der Waals surface area contributed by atoms with E-state index in [-0.39, 0.29) is 0 Å². The molecule has 1 aliphatic heterocycles. The van der Waals surface area contributed by atoms with E-state index in [2.05, 4.69) is 10.3 Å². The highest BCUT2D eigenvalue weighted by molar-refractivity contribution is 7.92. The van der Waals surface area contributed by atoms with Crippen molar-refractivity contribution in [3.05, 3.63) is 70.9 Å². The second-order valence-corrected chi connectivity index (χ2v) is 10.6. The average Bonchev–Trinajstić information content (AvgIpc) is 2.80. The molecular formula is C26H28F3N3O3S. The van der Waals surface area contributed by atoms with Crippen molar-refractivity contribution in [1.82, 2.24) is 10.3 Å². The topological polar surface area (TPSA) is 80.3 Å². The summed E-state index contributed by atoms with van der Waals surface area (Å²) < 4.78 is 72.5. The maximum atomic E-state index is 13.6. The van der Waals surface area contributed by atoms with Crippen molar-refractivity contribution in [3.63, 3.8) is 0 Å². The second-order valence-electron chi connectivity index (χ2n) is 8.84. The Bertz CT molecular complexity index is 1390. The SMILES string of the molecule is Cc1ccc2c(OCCC(=C3CCNCC3)c3ccc(C(F)(F)F)c(NS(C)(=O)=O)c3)cccc2n1. The lowest BCUT2D eigenvalue weighted by Crippen LogP contribution is -2.24. The van der Waals surface area contributed by atoms with Gasteiger partial charge in [-0.15, -0.1) is 0 Å². The molecule has 0 aliphatic carbocycles. The molecule has 2 aromatic carbocycles. The van der Waals surface area contributed by atoms with Crippen LogP contribution in [-0.4, -0.2) is 39.4 Å². The van der Waals surface area contributed by atoms with Gasteiger partial charge in [-0.3, -0.25) is 9.71 Å². The third kappa shape index (κ3) is 6.36. The number of nitrogens with one attached hydrogen (secondary N) is 2. The monoisotopic (exact) mass is 519 g/mol. The third-order valence-corrected chi connectivity index (χ3v) is 6.63. The minimum absolute atomic E-state index is 0.301.